The van der Waals surface area contributed by atoms with E-state index in [1.807, 2.05) is 13.0 Å². The van der Waals surface area contributed by atoms with Gasteiger partial charge in [-0.1, -0.05) is 34.1 Å². The van der Waals surface area contributed by atoms with Gasteiger partial charge in [-0.05, 0) is 25.7 Å². The third-order valence-electron chi connectivity index (χ3n) is 3.01. The fraction of sp³-hybridized carbons (Fsp3) is 0.750. The van der Waals surface area contributed by atoms with Gasteiger partial charge in [-0.3, -0.25) is 0 Å². The molecule has 0 radical (unpaired) electrons. The lowest BCUT2D eigenvalue weighted by molar-refractivity contribution is -0.0191. The van der Waals surface area contributed by atoms with Crippen LogP contribution in [0, 0.1) is 5.41 Å². The lowest BCUT2D eigenvalue weighted by Gasteiger charge is -2.29. The average molecular weight is 279 g/mol. The molecule has 1 aromatic rings. The van der Waals surface area contributed by atoms with Crippen LogP contribution in [0.4, 0.5) is 5.82 Å². The fourth-order valence-corrected chi connectivity index (χ4v) is 2.17. The van der Waals surface area contributed by atoms with Crippen molar-refractivity contribution in [2.75, 3.05) is 18.5 Å². The third kappa shape index (κ3) is 4.75. The van der Waals surface area contributed by atoms with Crippen LogP contribution in [0.25, 0.3) is 0 Å². The molecule has 1 atom stereocenters. The molecule has 1 N–H and O–H groups in total. The second-order valence-corrected chi connectivity index (χ2v) is 6.08. The molecule has 0 amide bonds. The monoisotopic (exact) mass is 279 g/mol. The van der Waals surface area contributed by atoms with Crippen molar-refractivity contribution >= 4 is 5.82 Å². The molecular weight excluding hydrogens is 250 g/mol. The zero-order valence-corrected chi connectivity index (χ0v) is 13.8. The minimum absolute atomic E-state index is 0.0235. The second-order valence-electron chi connectivity index (χ2n) is 6.08. The number of hydrogen-bond donors (Lipinski definition) is 1. The summed E-state index contributed by atoms with van der Waals surface area (Å²) in [6.07, 6.45) is 1.97. The summed E-state index contributed by atoms with van der Waals surface area (Å²) < 4.78 is 5.91. The summed E-state index contributed by atoms with van der Waals surface area (Å²) in [4.78, 5) is 9.36. The molecule has 1 unspecified atom stereocenters. The van der Waals surface area contributed by atoms with E-state index in [9.17, 15) is 0 Å². The van der Waals surface area contributed by atoms with Crippen molar-refractivity contribution in [3.05, 3.63) is 17.6 Å². The van der Waals surface area contributed by atoms with Crippen molar-refractivity contribution < 1.29 is 4.74 Å². The summed E-state index contributed by atoms with van der Waals surface area (Å²) in [7, 11) is 0. The molecule has 0 aliphatic carbocycles. The summed E-state index contributed by atoms with van der Waals surface area (Å²) in [6.45, 7) is 14.3. The number of nitrogens with zero attached hydrogens (tertiary/aromatic N) is 2. The van der Waals surface area contributed by atoms with E-state index in [1.54, 1.807) is 0 Å². The van der Waals surface area contributed by atoms with Crippen LogP contribution in [0.15, 0.2) is 6.07 Å². The van der Waals surface area contributed by atoms with E-state index in [0.29, 0.717) is 6.61 Å². The van der Waals surface area contributed by atoms with E-state index in [1.165, 1.54) is 0 Å². The van der Waals surface area contributed by atoms with Crippen LogP contribution >= 0.6 is 0 Å². The highest BCUT2D eigenvalue weighted by atomic mass is 16.5. The van der Waals surface area contributed by atoms with E-state index in [0.717, 1.165) is 36.7 Å². The van der Waals surface area contributed by atoms with Crippen LogP contribution in [0.5, 0.6) is 0 Å². The highest BCUT2D eigenvalue weighted by Gasteiger charge is 2.29. The minimum atomic E-state index is -0.0817. The van der Waals surface area contributed by atoms with Gasteiger partial charge >= 0.3 is 0 Å². The highest BCUT2D eigenvalue weighted by Crippen LogP contribution is 2.34. The van der Waals surface area contributed by atoms with Gasteiger partial charge in [-0.15, -0.1) is 0 Å². The highest BCUT2D eigenvalue weighted by molar-refractivity contribution is 5.36. The Labute approximate surface area is 123 Å². The number of rotatable bonds is 7. The van der Waals surface area contributed by atoms with Crippen LogP contribution in [0.1, 0.15) is 65.6 Å². The molecule has 114 valence electrons. The van der Waals surface area contributed by atoms with Crippen LogP contribution in [0.3, 0.4) is 0 Å². The summed E-state index contributed by atoms with van der Waals surface area (Å²) in [5.74, 6) is 1.69. The molecule has 20 heavy (non-hydrogen) atoms. The molecule has 0 saturated heterocycles. The summed E-state index contributed by atoms with van der Waals surface area (Å²) in [5.41, 5.74) is 1.06. The standard InChI is InChI=1S/C16H29N3O/c1-7-10-12-11-13(17-8-2)19-15(18-12)14(20-9-3)16(4,5)6/h11,14H,7-10H2,1-6H3,(H,17,18,19). The molecule has 0 spiro atoms. The predicted octanol–water partition coefficient (Wildman–Crippen LogP) is 3.98. The van der Waals surface area contributed by atoms with Crippen LogP contribution in [-0.2, 0) is 11.2 Å². The zero-order valence-electron chi connectivity index (χ0n) is 13.8. The maximum Gasteiger partial charge on any atom is 0.160 e. The lowest BCUT2D eigenvalue weighted by atomic mass is 9.88. The number of ether oxygens (including phenoxy) is 1. The summed E-state index contributed by atoms with van der Waals surface area (Å²) in [5, 5.41) is 3.29. The Hall–Kier alpha value is -1.16. The Balaban J connectivity index is 3.17. The Bertz CT molecular complexity index is 388. The quantitative estimate of drug-likeness (QED) is 0.820. The molecule has 0 aliphatic heterocycles. The average Bonchev–Trinajstić information content (AvgIpc) is 2.35. The predicted molar refractivity (Wildman–Crippen MR) is 84.0 cm³/mol. The van der Waals surface area contributed by atoms with Gasteiger partial charge < -0.3 is 10.1 Å². The lowest BCUT2D eigenvalue weighted by Crippen LogP contribution is -2.24. The SMILES string of the molecule is CCCc1cc(NCC)nc(C(OCC)C(C)(C)C)n1. The molecule has 0 aliphatic rings. The number of anilines is 1. The minimum Gasteiger partial charge on any atom is -0.370 e. The molecule has 0 bridgehead atoms. The first-order valence-corrected chi connectivity index (χ1v) is 7.65. The van der Waals surface area contributed by atoms with Crippen molar-refractivity contribution in [2.24, 2.45) is 5.41 Å². The van der Waals surface area contributed by atoms with Gasteiger partial charge in [-0.25, -0.2) is 9.97 Å². The van der Waals surface area contributed by atoms with Gasteiger partial charge in [0.15, 0.2) is 5.82 Å². The maximum atomic E-state index is 5.91. The zero-order chi connectivity index (χ0) is 15.2. The van der Waals surface area contributed by atoms with Gasteiger partial charge in [0.05, 0.1) is 0 Å². The summed E-state index contributed by atoms with van der Waals surface area (Å²) in [6, 6.07) is 2.04. The van der Waals surface area contributed by atoms with E-state index in [-0.39, 0.29) is 11.5 Å². The Morgan fingerprint density at radius 1 is 1.20 bits per heavy atom. The molecule has 0 saturated carbocycles. The molecule has 0 aromatic carbocycles. The molecule has 1 rings (SSSR count). The van der Waals surface area contributed by atoms with Gasteiger partial charge in [0.1, 0.15) is 11.9 Å². The van der Waals surface area contributed by atoms with Crippen LogP contribution in [0.2, 0.25) is 0 Å². The smallest absolute Gasteiger partial charge is 0.160 e. The fourth-order valence-electron chi connectivity index (χ4n) is 2.17. The first-order valence-electron chi connectivity index (χ1n) is 7.65. The van der Waals surface area contributed by atoms with Crippen molar-refractivity contribution in [2.45, 2.75) is 60.5 Å². The topological polar surface area (TPSA) is 47.0 Å². The first-order chi connectivity index (χ1) is 9.42. The van der Waals surface area contributed by atoms with E-state index in [4.69, 9.17) is 9.72 Å². The van der Waals surface area contributed by atoms with Gasteiger partial charge in [0, 0.05) is 24.9 Å². The first kappa shape index (κ1) is 16.9. The number of nitrogens with one attached hydrogen (secondary N) is 1. The van der Waals surface area contributed by atoms with Crippen molar-refractivity contribution in [3.8, 4) is 0 Å². The number of aromatic nitrogens is 2. The summed E-state index contributed by atoms with van der Waals surface area (Å²) >= 11 is 0. The van der Waals surface area contributed by atoms with E-state index in [2.05, 4.69) is 44.9 Å². The second kappa shape index (κ2) is 7.58. The molecule has 4 heteroatoms. The molecule has 1 heterocycles. The van der Waals surface area contributed by atoms with E-state index >= 15 is 0 Å². The van der Waals surface area contributed by atoms with Crippen LogP contribution < -0.4 is 5.32 Å². The van der Waals surface area contributed by atoms with Crippen molar-refractivity contribution in [1.29, 1.82) is 0 Å². The van der Waals surface area contributed by atoms with E-state index < -0.39 is 0 Å². The van der Waals surface area contributed by atoms with Gasteiger partial charge in [-0.2, -0.15) is 0 Å². The molecule has 4 nitrogen and oxygen atoms in total. The van der Waals surface area contributed by atoms with Crippen molar-refractivity contribution in [1.82, 2.24) is 9.97 Å². The number of aryl methyl sites for hydroxylation is 1. The molecule has 0 fully saturated rings. The van der Waals surface area contributed by atoms with Gasteiger partial charge in [0.2, 0.25) is 0 Å². The number of hydrogen-bond acceptors (Lipinski definition) is 4. The third-order valence-corrected chi connectivity index (χ3v) is 3.01. The Morgan fingerprint density at radius 2 is 1.90 bits per heavy atom. The largest absolute Gasteiger partial charge is 0.370 e. The normalized spacial score (nSPS) is 13.3. The van der Waals surface area contributed by atoms with Crippen molar-refractivity contribution in [3.63, 3.8) is 0 Å². The molecular formula is C16H29N3O. The molecule has 1 aromatic heterocycles. The maximum absolute atomic E-state index is 5.91. The van der Waals surface area contributed by atoms with Crippen LogP contribution in [-0.4, -0.2) is 23.1 Å². The Morgan fingerprint density at radius 3 is 2.40 bits per heavy atom. The Kier molecular flexibility index (Phi) is 6.40. The van der Waals surface area contributed by atoms with Gasteiger partial charge in [0.25, 0.3) is 0 Å².